The first-order valence-corrected chi connectivity index (χ1v) is 5.15. The van der Waals surface area contributed by atoms with E-state index in [1.165, 1.54) is 19.3 Å². The van der Waals surface area contributed by atoms with Crippen LogP contribution in [0.5, 0.6) is 0 Å². The van der Waals surface area contributed by atoms with Crippen LogP contribution in [0.1, 0.15) is 52.9 Å². The molecule has 0 heterocycles. The Bertz CT molecular complexity index is 130. The molecule has 1 saturated carbocycles. The number of rotatable bonds is 3. The zero-order valence-corrected chi connectivity index (χ0v) is 8.64. The zero-order chi connectivity index (χ0) is 9.19. The Labute approximate surface area is 76.2 Å². The summed E-state index contributed by atoms with van der Waals surface area (Å²) in [6.45, 7) is 6.57. The predicted molar refractivity (Wildman–Crippen MR) is 52.0 cm³/mol. The second-order valence-corrected chi connectivity index (χ2v) is 5.45. The van der Waals surface area contributed by atoms with E-state index in [2.05, 4.69) is 20.8 Å². The average molecular weight is 170 g/mol. The number of aliphatic hydroxyl groups excluding tert-OH is 1. The van der Waals surface area contributed by atoms with Crippen LogP contribution in [-0.4, -0.2) is 11.2 Å². The first-order chi connectivity index (χ1) is 5.47. The van der Waals surface area contributed by atoms with Crippen LogP contribution in [0.25, 0.3) is 0 Å². The van der Waals surface area contributed by atoms with Crippen LogP contribution in [0, 0.1) is 11.3 Å². The molecule has 0 spiro atoms. The molecule has 1 heteroatoms. The van der Waals surface area contributed by atoms with Gasteiger partial charge in [-0.2, -0.15) is 0 Å². The first-order valence-electron chi connectivity index (χ1n) is 5.15. The minimum atomic E-state index is -0.0599. The second kappa shape index (κ2) is 3.78. The molecule has 12 heavy (non-hydrogen) atoms. The van der Waals surface area contributed by atoms with Crippen LogP contribution < -0.4 is 0 Å². The summed E-state index contributed by atoms with van der Waals surface area (Å²) in [6.07, 6.45) is 6.01. The van der Waals surface area contributed by atoms with Gasteiger partial charge in [0.1, 0.15) is 0 Å². The second-order valence-electron chi connectivity index (χ2n) is 5.45. The molecule has 1 fully saturated rings. The molecule has 1 nitrogen and oxygen atoms in total. The smallest absolute Gasteiger partial charge is 0.0547 e. The standard InChI is InChI=1S/C11H22O/c1-11(2,3)8-10(12)7-9-5-4-6-9/h9-10,12H,4-8H2,1-3H3. The van der Waals surface area contributed by atoms with Crippen molar-refractivity contribution in [3.63, 3.8) is 0 Å². The van der Waals surface area contributed by atoms with Gasteiger partial charge >= 0.3 is 0 Å². The van der Waals surface area contributed by atoms with Crippen molar-refractivity contribution in [3.8, 4) is 0 Å². The Morgan fingerprint density at radius 2 is 1.92 bits per heavy atom. The van der Waals surface area contributed by atoms with Crippen molar-refractivity contribution in [1.82, 2.24) is 0 Å². The maximum absolute atomic E-state index is 9.72. The van der Waals surface area contributed by atoms with E-state index in [0.29, 0.717) is 0 Å². The van der Waals surface area contributed by atoms with Gasteiger partial charge in [0, 0.05) is 0 Å². The highest BCUT2D eigenvalue weighted by Gasteiger charge is 2.23. The molecule has 1 unspecified atom stereocenters. The third-order valence-electron chi connectivity index (χ3n) is 2.68. The van der Waals surface area contributed by atoms with E-state index in [1.54, 1.807) is 0 Å². The molecule has 0 aromatic heterocycles. The van der Waals surface area contributed by atoms with E-state index in [1.807, 2.05) is 0 Å². The fourth-order valence-corrected chi connectivity index (χ4v) is 1.90. The Hall–Kier alpha value is -0.0400. The lowest BCUT2D eigenvalue weighted by atomic mass is 9.78. The Balaban J connectivity index is 2.14. The average Bonchev–Trinajstić information content (AvgIpc) is 1.74. The minimum Gasteiger partial charge on any atom is -0.393 e. The van der Waals surface area contributed by atoms with Crippen molar-refractivity contribution in [2.45, 2.75) is 59.0 Å². The molecule has 0 saturated heterocycles. The maximum Gasteiger partial charge on any atom is 0.0547 e. The SMILES string of the molecule is CC(C)(C)CC(O)CC1CCC1. The summed E-state index contributed by atoms with van der Waals surface area (Å²) in [5.74, 6) is 0.836. The van der Waals surface area contributed by atoms with Gasteiger partial charge in [0.25, 0.3) is 0 Å². The summed E-state index contributed by atoms with van der Waals surface area (Å²) in [4.78, 5) is 0. The van der Waals surface area contributed by atoms with Crippen molar-refractivity contribution in [3.05, 3.63) is 0 Å². The number of aliphatic hydroxyl groups is 1. The quantitative estimate of drug-likeness (QED) is 0.690. The highest BCUT2D eigenvalue weighted by atomic mass is 16.3. The molecule has 0 aromatic rings. The van der Waals surface area contributed by atoms with Gasteiger partial charge < -0.3 is 5.11 Å². The van der Waals surface area contributed by atoms with Crippen LogP contribution in [0.3, 0.4) is 0 Å². The van der Waals surface area contributed by atoms with Crippen LogP contribution in [0.4, 0.5) is 0 Å². The molecule has 0 amide bonds. The summed E-state index contributed by atoms with van der Waals surface area (Å²) in [6, 6.07) is 0. The molecular weight excluding hydrogens is 148 g/mol. The fourth-order valence-electron chi connectivity index (χ4n) is 1.90. The van der Waals surface area contributed by atoms with Gasteiger partial charge in [0.2, 0.25) is 0 Å². The summed E-state index contributed by atoms with van der Waals surface area (Å²) >= 11 is 0. The molecule has 0 aromatic carbocycles. The lowest BCUT2D eigenvalue weighted by molar-refractivity contribution is 0.0796. The van der Waals surface area contributed by atoms with Crippen LogP contribution in [-0.2, 0) is 0 Å². The van der Waals surface area contributed by atoms with Crippen molar-refractivity contribution in [2.75, 3.05) is 0 Å². The predicted octanol–water partition coefficient (Wildman–Crippen LogP) is 2.97. The largest absolute Gasteiger partial charge is 0.393 e. The maximum atomic E-state index is 9.72. The highest BCUT2D eigenvalue weighted by molar-refractivity contribution is 4.76. The van der Waals surface area contributed by atoms with Gasteiger partial charge in [-0.3, -0.25) is 0 Å². The van der Waals surface area contributed by atoms with Crippen molar-refractivity contribution in [2.24, 2.45) is 11.3 Å². The monoisotopic (exact) mass is 170 g/mol. The van der Waals surface area contributed by atoms with E-state index < -0.39 is 0 Å². The number of hydrogen-bond acceptors (Lipinski definition) is 1. The number of hydrogen-bond donors (Lipinski definition) is 1. The van der Waals surface area contributed by atoms with E-state index >= 15 is 0 Å². The van der Waals surface area contributed by atoms with E-state index in [0.717, 1.165) is 18.8 Å². The summed E-state index contributed by atoms with van der Waals surface area (Å²) in [5.41, 5.74) is 0.281. The van der Waals surface area contributed by atoms with Crippen LogP contribution >= 0.6 is 0 Å². The van der Waals surface area contributed by atoms with Crippen molar-refractivity contribution < 1.29 is 5.11 Å². The highest BCUT2D eigenvalue weighted by Crippen LogP contribution is 2.33. The van der Waals surface area contributed by atoms with Crippen LogP contribution in [0.15, 0.2) is 0 Å². The van der Waals surface area contributed by atoms with Gasteiger partial charge in [-0.15, -0.1) is 0 Å². The minimum absolute atomic E-state index is 0.0599. The van der Waals surface area contributed by atoms with Gasteiger partial charge in [0.15, 0.2) is 0 Å². The van der Waals surface area contributed by atoms with Crippen molar-refractivity contribution >= 4 is 0 Å². The third-order valence-corrected chi connectivity index (χ3v) is 2.68. The molecule has 1 aliphatic carbocycles. The van der Waals surface area contributed by atoms with E-state index in [9.17, 15) is 5.11 Å². The fraction of sp³-hybridized carbons (Fsp3) is 1.00. The zero-order valence-electron chi connectivity index (χ0n) is 8.64. The molecule has 0 bridgehead atoms. The van der Waals surface area contributed by atoms with Gasteiger partial charge in [-0.25, -0.2) is 0 Å². The summed E-state index contributed by atoms with van der Waals surface area (Å²) in [5, 5.41) is 9.72. The van der Waals surface area contributed by atoms with E-state index in [-0.39, 0.29) is 11.5 Å². The molecule has 0 aliphatic heterocycles. The van der Waals surface area contributed by atoms with Crippen LogP contribution in [0.2, 0.25) is 0 Å². The van der Waals surface area contributed by atoms with Gasteiger partial charge in [-0.05, 0) is 24.2 Å². The summed E-state index contributed by atoms with van der Waals surface area (Å²) < 4.78 is 0. The molecule has 1 atom stereocenters. The normalized spacial score (nSPS) is 22.0. The topological polar surface area (TPSA) is 20.2 Å². The Morgan fingerprint density at radius 1 is 1.33 bits per heavy atom. The molecule has 72 valence electrons. The Morgan fingerprint density at radius 3 is 2.25 bits per heavy atom. The lowest BCUT2D eigenvalue weighted by Crippen LogP contribution is -2.23. The lowest BCUT2D eigenvalue weighted by Gasteiger charge is -2.30. The molecular formula is C11H22O. The van der Waals surface area contributed by atoms with Gasteiger partial charge in [0.05, 0.1) is 6.10 Å². The van der Waals surface area contributed by atoms with Crippen molar-refractivity contribution in [1.29, 1.82) is 0 Å². The molecule has 1 N–H and O–H groups in total. The molecule has 1 aliphatic rings. The first kappa shape index (κ1) is 10.0. The molecule has 1 rings (SSSR count). The molecule has 0 radical (unpaired) electrons. The van der Waals surface area contributed by atoms with E-state index in [4.69, 9.17) is 0 Å². The Kier molecular flexibility index (Phi) is 3.16. The van der Waals surface area contributed by atoms with Gasteiger partial charge in [-0.1, -0.05) is 40.0 Å². The third kappa shape index (κ3) is 3.57. The summed E-state index contributed by atoms with van der Waals surface area (Å²) in [7, 11) is 0.